The Bertz CT molecular complexity index is 2960. The molecule has 0 amide bonds. The molecule has 1 N–H and O–H groups in total. The van der Waals surface area contributed by atoms with Crippen LogP contribution in [0, 0.1) is 11.3 Å². The third-order valence-corrected chi connectivity index (χ3v) is 14.6. The van der Waals surface area contributed by atoms with Crippen LogP contribution < -0.4 is 38.9 Å². The first kappa shape index (κ1) is 68.7. The maximum Gasteiger partial charge on any atom is 1.00 e. The van der Waals surface area contributed by atoms with Crippen molar-refractivity contribution in [3.8, 4) is 0 Å². The van der Waals surface area contributed by atoms with Crippen LogP contribution in [-0.4, -0.2) is 116 Å². The number of benzene rings is 6. The van der Waals surface area contributed by atoms with Crippen LogP contribution in [0.4, 0.5) is 0 Å². The molecule has 4 aliphatic rings. The van der Waals surface area contributed by atoms with Gasteiger partial charge in [0.15, 0.2) is 0 Å². The molecule has 87 heavy (non-hydrogen) atoms. The zero-order valence-corrected chi connectivity index (χ0v) is 51.4. The van der Waals surface area contributed by atoms with Gasteiger partial charge in [0.1, 0.15) is 30.7 Å². The van der Waals surface area contributed by atoms with E-state index < -0.39 is 70.6 Å². The van der Waals surface area contributed by atoms with Gasteiger partial charge in [0, 0.05) is 19.3 Å². The molecule has 4 aliphatic heterocycles. The molecule has 2 spiro atoms. The van der Waals surface area contributed by atoms with E-state index in [0.29, 0.717) is 58.7 Å². The molecule has 0 radical (unpaired) electrons. The zero-order chi connectivity index (χ0) is 60.3. The summed E-state index contributed by atoms with van der Waals surface area (Å²) in [7, 11) is 0. The van der Waals surface area contributed by atoms with Gasteiger partial charge in [-0.1, -0.05) is 182 Å². The number of rotatable bonds is 26. The quantitative estimate of drug-likeness (QED) is 0.0457. The summed E-state index contributed by atoms with van der Waals surface area (Å²) < 4.78 is 89.6. The number of ether oxygens (including phenoxy) is 12. The van der Waals surface area contributed by atoms with E-state index in [1.54, 1.807) is 0 Å². The smallest absolute Gasteiger partial charge is 0.544 e. The van der Waals surface area contributed by atoms with Crippen molar-refractivity contribution in [1.29, 1.82) is 0 Å². The van der Waals surface area contributed by atoms with Gasteiger partial charge < -0.3 is 76.1 Å². The first-order chi connectivity index (χ1) is 42.0. The van der Waals surface area contributed by atoms with E-state index in [4.69, 9.17) is 66.2 Å². The second-order valence-corrected chi connectivity index (χ2v) is 21.4. The van der Waals surface area contributed by atoms with Crippen LogP contribution in [0.1, 0.15) is 71.9 Å². The predicted octanol–water partition coefficient (Wildman–Crippen LogP) is 4.08. The molecule has 21 heteroatoms. The molecule has 4 unspecified atom stereocenters. The fourth-order valence-electron chi connectivity index (χ4n) is 10.3. The summed E-state index contributed by atoms with van der Waals surface area (Å²) in [5.74, 6) is -5.19. The van der Waals surface area contributed by atoms with E-state index in [0.717, 1.165) is 39.7 Å². The molecule has 19 nitrogen and oxygen atoms in total. The number of halogens is 1. The molecule has 0 saturated carbocycles. The summed E-state index contributed by atoms with van der Waals surface area (Å²) in [5.41, 5.74) is 3.07. The monoisotopic (exact) mass is 1230 g/mol. The van der Waals surface area contributed by atoms with Crippen molar-refractivity contribution in [2.45, 2.75) is 125 Å². The van der Waals surface area contributed by atoms with Gasteiger partial charge in [-0.15, -0.1) is 0 Å². The Balaban J connectivity index is 0.000000235. The van der Waals surface area contributed by atoms with E-state index in [-0.39, 0.29) is 94.4 Å². The molecule has 0 bridgehead atoms. The van der Waals surface area contributed by atoms with E-state index in [2.05, 4.69) is 0 Å². The standard InChI is InChI=1S/C33H36O9.C33H36O8.ClO2.Na/c34-29(35)18-32(23-38-20-26-12-6-2-7-13-26)24-40-33(30(42-32)31(36)39-21-27-14-8-3-9-15-27)17-16-28(41-33)22-37-19-25-10-4-1-5-11-25;34-19-18-32(24-37-21-27-12-6-2-7-13-27)25-39-33(30(41-32)31(35)38-22-28-14-8-3-9-15-28)17-16-29(40-33)23-36-20-26-10-4-1-5-11-26;2-1-3;/h1-15,28,30H,16-24H2,(H,34,35);1-15,19,29-30H,16-18,20-25H2;;/q;;-1;+1/t28-,30?,32?,33-;29-,30?,32?,33-;;/m11../s1. The number of hydrogen-bond acceptors (Lipinski definition) is 18. The van der Waals surface area contributed by atoms with Crippen LogP contribution in [0.5, 0.6) is 0 Å². The van der Waals surface area contributed by atoms with Crippen LogP contribution >= 0.6 is 0 Å². The molecule has 0 aliphatic carbocycles. The number of carbonyl (C=O) groups excluding carboxylic acids is 3. The van der Waals surface area contributed by atoms with Gasteiger partial charge in [-0.2, -0.15) is 0 Å². The minimum Gasteiger partial charge on any atom is -0.544 e. The number of carboxylic acids is 1. The van der Waals surface area contributed by atoms with Crippen LogP contribution in [0.2, 0.25) is 0 Å². The van der Waals surface area contributed by atoms with E-state index >= 15 is 0 Å². The number of aliphatic carboxylic acids is 1. The van der Waals surface area contributed by atoms with Gasteiger partial charge in [-0.25, -0.2) is 9.59 Å². The van der Waals surface area contributed by atoms with Crippen molar-refractivity contribution in [2.75, 3.05) is 39.6 Å². The van der Waals surface area contributed by atoms with Gasteiger partial charge in [-0.3, -0.25) is 4.79 Å². The zero-order valence-electron chi connectivity index (χ0n) is 48.6. The van der Waals surface area contributed by atoms with Gasteiger partial charge in [0.05, 0.1) is 96.0 Å². The molecule has 458 valence electrons. The fraction of sp³-hybridized carbons (Fsp3) is 0.394. The molecule has 8 atom stereocenters. The molecule has 4 saturated heterocycles. The summed E-state index contributed by atoms with van der Waals surface area (Å²) in [5, 5.41) is 9.76. The summed E-state index contributed by atoms with van der Waals surface area (Å²) in [6.45, 7) is 2.04. The van der Waals surface area contributed by atoms with Crippen LogP contribution in [0.3, 0.4) is 0 Å². The fourth-order valence-corrected chi connectivity index (χ4v) is 10.3. The summed E-state index contributed by atoms with van der Waals surface area (Å²) in [4.78, 5) is 50.8. The number of carbonyl (C=O) groups is 4. The summed E-state index contributed by atoms with van der Waals surface area (Å²) >= 11 is -0.417. The SMILES string of the molecule is O=C(O)CC1(COCc2ccccc2)CO[C@@]2(CC[C@H](COCc3ccccc3)O2)C(C(=O)OCc2ccccc2)O1.O=CCC1(COCc2ccccc2)CO[C@@]2(CC[C@H](COCc3ccccc3)O2)C(C(=O)OCc2ccccc2)O1.[Na+].[O-][Cl+][O-]. The summed E-state index contributed by atoms with van der Waals surface area (Å²) in [6, 6.07) is 57.6. The van der Waals surface area contributed by atoms with Gasteiger partial charge in [0.25, 0.3) is 0 Å². The second kappa shape index (κ2) is 35.4. The normalized spacial score (nSPS) is 24.5. The Hall–Kier alpha value is -5.79. The molecule has 4 fully saturated rings. The molecular weight excluding hydrogens is 1160 g/mol. The number of hydrogen-bond donors (Lipinski definition) is 1. The van der Waals surface area contributed by atoms with Gasteiger partial charge in [-0.05, 0) is 46.2 Å². The Morgan fingerprint density at radius 2 is 0.793 bits per heavy atom. The van der Waals surface area contributed by atoms with Gasteiger partial charge in [0.2, 0.25) is 23.8 Å². The van der Waals surface area contributed by atoms with E-state index in [9.17, 15) is 24.3 Å². The average Bonchev–Trinajstić information content (AvgIpc) is 1.82. The van der Waals surface area contributed by atoms with Crippen molar-refractivity contribution >= 4 is 24.2 Å². The minimum atomic E-state index is -1.43. The van der Waals surface area contributed by atoms with Crippen molar-refractivity contribution in [3.63, 3.8) is 0 Å². The third kappa shape index (κ3) is 20.9. The van der Waals surface area contributed by atoms with E-state index in [1.807, 2.05) is 182 Å². The topological polar surface area (TPSA) is 245 Å². The van der Waals surface area contributed by atoms with Crippen molar-refractivity contribution < 1.29 is 131 Å². The first-order valence-corrected chi connectivity index (χ1v) is 29.0. The van der Waals surface area contributed by atoms with E-state index in [1.165, 1.54) is 0 Å². The molecule has 4 heterocycles. The third-order valence-electron chi connectivity index (χ3n) is 14.6. The number of esters is 2. The summed E-state index contributed by atoms with van der Waals surface area (Å²) in [6.07, 6.45) is -0.896. The van der Waals surface area contributed by atoms with Crippen molar-refractivity contribution in [3.05, 3.63) is 215 Å². The number of carboxylic acid groups (broad SMARTS) is 1. The minimum absolute atomic E-state index is 0. The Kier molecular flexibility index (Phi) is 28.0. The molecular formula is C66H72ClNaO19. The first-order valence-electron chi connectivity index (χ1n) is 28.4. The Labute approximate surface area is 532 Å². The van der Waals surface area contributed by atoms with Crippen molar-refractivity contribution in [1.82, 2.24) is 0 Å². The van der Waals surface area contributed by atoms with Crippen LogP contribution in [-0.2, 0) is 116 Å². The maximum absolute atomic E-state index is 13.6. The molecule has 0 aromatic heterocycles. The second-order valence-electron chi connectivity index (χ2n) is 21.3. The largest absolute Gasteiger partial charge is 1.00 e. The van der Waals surface area contributed by atoms with Crippen molar-refractivity contribution in [2.24, 2.45) is 0 Å². The van der Waals surface area contributed by atoms with Gasteiger partial charge >= 0.3 is 47.5 Å². The number of aldehydes is 1. The van der Waals surface area contributed by atoms with Crippen LogP contribution in [0.15, 0.2) is 182 Å². The predicted molar refractivity (Wildman–Crippen MR) is 301 cm³/mol. The van der Waals surface area contributed by atoms with Crippen LogP contribution in [0.25, 0.3) is 0 Å². The Morgan fingerprint density at radius 1 is 0.483 bits per heavy atom. The molecule has 6 aromatic carbocycles. The maximum atomic E-state index is 13.6. The Morgan fingerprint density at radius 3 is 1.14 bits per heavy atom. The molecule has 6 aromatic rings. The average molecular weight is 1230 g/mol. The molecule has 10 rings (SSSR count).